The Kier molecular flexibility index (Phi) is 13.7. The maximum absolute atomic E-state index is 12.8. The second kappa shape index (κ2) is 16.7. The maximum atomic E-state index is 12.8. The lowest BCUT2D eigenvalue weighted by molar-refractivity contribution is -0.166. The first-order valence-corrected chi connectivity index (χ1v) is 16.3. The van der Waals surface area contributed by atoms with Crippen molar-refractivity contribution < 1.29 is 14.4 Å². The Morgan fingerprint density at radius 1 is 0.842 bits per heavy atom. The van der Waals surface area contributed by atoms with E-state index in [0.717, 1.165) is 56.3 Å². The number of nitrogens with one attached hydrogen (secondary N) is 2. The maximum Gasteiger partial charge on any atom is 0.326 e. The molecule has 5 nitrogen and oxygen atoms in total. The number of unbranched alkanes of at least 4 members (excludes halogenated alkanes) is 9. The number of rotatable bonds is 20. The molecule has 0 radical (unpaired) electrons. The Hall–Kier alpha value is -1.36. The van der Waals surface area contributed by atoms with Crippen molar-refractivity contribution in [3.8, 4) is 0 Å². The molecule has 0 spiro atoms. The van der Waals surface area contributed by atoms with Crippen molar-refractivity contribution in [1.29, 1.82) is 0 Å². The van der Waals surface area contributed by atoms with E-state index in [1.165, 1.54) is 77.0 Å². The highest BCUT2D eigenvalue weighted by atomic mass is 16.7. The SMILES string of the molecule is CCCCCC/C=C\CCCCCCCC(=O)N[C@@H](CC(=O)ONC12CC3CC(CC(C3)C1)C2)CC(C)C. The normalized spacial score (nSPS) is 26.8. The molecule has 5 heteroatoms. The van der Waals surface area contributed by atoms with Crippen molar-refractivity contribution in [3.63, 3.8) is 0 Å². The molecule has 4 rings (SSSR count). The number of hydroxylamine groups is 1. The molecule has 4 saturated carbocycles. The van der Waals surface area contributed by atoms with E-state index in [2.05, 4.69) is 43.7 Å². The Morgan fingerprint density at radius 3 is 1.97 bits per heavy atom. The molecule has 4 aliphatic carbocycles. The molecule has 1 amide bonds. The Labute approximate surface area is 233 Å². The van der Waals surface area contributed by atoms with Crippen LogP contribution in [-0.2, 0) is 14.4 Å². The van der Waals surface area contributed by atoms with Crippen molar-refractivity contribution in [2.45, 2.75) is 161 Å². The molecule has 0 unspecified atom stereocenters. The summed E-state index contributed by atoms with van der Waals surface area (Å²) in [5.74, 6) is 2.67. The third-order valence-electron chi connectivity index (χ3n) is 9.12. The van der Waals surface area contributed by atoms with Gasteiger partial charge in [0, 0.05) is 12.5 Å². The average Bonchev–Trinajstić information content (AvgIpc) is 2.84. The molecule has 0 aromatic heterocycles. The fraction of sp³-hybridized carbons (Fsp3) is 0.879. The van der Waals surface area contributed by atoms with Gasteiger partial charge in [-0.05, 0) is 101 Å². The summed E-state index contributed by atoms with van der Waals surface area (Å²) < 4.78 is 0. The number of carbonyl (C=O) groups is 2. The van der Waals surface area contributed by atoms with Gasteiger partial charge in [-0.15, -0.1) is 5.48 Å². The summed E-state index contributed by atoms with van der Waals surface area (Å²) in [7, 11) is 0. The first-order valence-electron chi connectivity index (χ1n) is 16.3. The van der Waals surface area contributed by atoms with E-state index >= 15 is 0 Å². The van der Waals surface area contributed by atoms with Gasteiger partial charge in [0.1, 0.15) is 0 Å². The number of allylic oxidation sites excluding steroid dienone is 2. The third kappa shape index (κ3) is 11.4. The van der Waals surface area contributed by atoms with Crippen molar-refractivity contribution in [3.05, 3.63) is 12.2 Å². The van der Waals surface area contributed by atoms with Crippen molar-refractivity contribution >= 4 is 11.9 Å². The van der Waals surface area contributed by atoms with Crippen LogP contribution in [-0.4, -0.2) is 23.5 Å². The standard InChI is InChI=1S/C33H58N2O3/c1-4-5-6-7-8-9-10-11-12-13-14-15-16-17-31(36)34-30(18-26(2)3)22-32(37)38-35-33-23-27-19-28(24-33)21-29(20-27)25-33/h9-10,26-30,35H,4-8,11-25H2,1-3H3,(H,34,36)/b10-9-/t27?,28?,29?,30-,33?/m1/s1. The molecule has 0 saturated heterocycles. The first kappa shape index (κ1) is 31.2. The molecule has 4 aliphatic rings. The predicted molar refractivity (Wildman–Crippen MR) is 156 cm³/mol. The predicted octanol–water partition coefficient (Wildman–Crippen LogP) is 8.18. The molecule has 0 heterocycles. The number of hydrogen-bond donors (Lipinski definition) is 2. The Morgan fingerprint density at radius 2 is 1.39 bits per heavy atom. The zero-order valence-electron chi connectivity index (χ0n) is 24.9. The van der Waals surface area contributed by atoms with E-state index < -0.39 is 0 Å². The summed E-state index contributed by atoms with van der Waals surface area (Å²) in [4.78, 5) is 31.0. The monoisotopic (exact) mass is 530 g/mol. The largest absolute Gasteiger partial charge is 0.370 e. The summed E-state index contributed by atoms with van der Waals surface area (Å²) >= 11 is 0. The van der Waals surface area contributed by atoms with Gasteiger partial charge in [0.15, 0.2) is 0 Å². The van der Waals surface area contributed by atoms with Gasteiger partial charge in [-0.2, -0.15) is 0 Å². The minimum absolute atomic E-state index is 0.00569. The van der Waals surface area contributed by atoms with Crippen LogP contribution in [0.5, 0.6) is 0 Å². The molecular weight excluding hydrogens is 472 g/mol. The molecule has 0 aromatic rings. The van der Waals surface area contributed by atoms with Crippen molar-refractivity contribution in [2.24, 2.45) is 23.7 Å². The summed E-state index contributed by atoms with van der Waals surface area (Å²) in [6.45, 7) is 6.53. The second-order valence-electron chi connectivity index (χ2n) is 13.5. The van der Waals surface area contributed by atoms with E-state index in [0.29, 0.717) is 12.3 Å². The Balaban J connectivity index is 1.25. The number of carbonyl (C=O) groups excluding carboxylic acids is 2. The highest BCUT2D eigenvalue weighted by Gasteiger charge is 2.51. The highest BCUT2D eigenvalue weighted by Crippen LogP contribution is 2.55. The summed E-state index contributed by atoms with van der Waals surface area (Å²) in [5.41, 5.74) is 3.26. The van der Waals surface area contributed by atoms with Gasteiger partial charge in [0.05, 0.1) is 12.0 Å². The second-order valence-corrected chi connectivity index (χ2v) is 13.5. The van der Waals surface area contributed by atoms with Gasteiger partial charge < -0.3 is 10.2 Å². The Bertz CT molecular complexity index is 696. The summed E-state index contributed by atoms with van der Waals surface area (Å²) in [6.07, 6.45) is 27.3. The van der Waals surface area contributed by atoms with E-state index in [-0.39, 0.29) is 29.9 Å². The van der Waals surface area contributed by atoms with Gasteiger partial charge >= 0.3 is 5.97 Å². The van der Waals surface area contributed by atoms with Gasteiger partial charge in [-0.1, -0.05) is 71.4 Å². The lowest BCUT2D eigenvalue weighted by Crippen LogP contribution is -2.58. The minimum Gasteiger partial charge on any atom is -0.370 e. The number of amides is 1. The lowest BCUT2D eigenvalue weighted by Gasteiger charge is -2.56. The molecular formula is C33H58N2O3. The summed E-state index contributed by atoms with van der Waals surface area (Å²) in [6, 6.07) is -0.151. The molecule has 218 valence electrons. The molecule has 4 bridgehead atoms. The smallest absolute Gasteiger partial charge is 0.326 e. The van der Waals surface area contributed by atoms with Gasteiger partial charge in [-0.3, -0.25) is 9.59 Å². The van der Waals surface area contributed by atoms with Crippen LogP contribution in [0.3, 0.4) is 0 Å². The lowest BCUT2D eigenvalue weighted by atomic mass is 9.53. The fourth-order valence-electron chi connectivity index (χ4n) is 7.71. The van der Waals surface area contributed by atoms with Crippen LogP contribution in [0.4, 0.5) is 0 Å². The fourth-order valence-corrected chi connectivity index (χ4v) is 7.71. The van der Waals surface area contributed by atoms with Crippen LogP contribution >= 0.6 is 0 Å². The van der Waals surface area contributed by atoms with Crippen LogP contribution in [0.2, 0.25) is 0 Å². The zero-order chi connectivity index (χ0) is 27.2. The molecule has 2 N–H and O–H groups in total. The van der Waals surface area contributed by atoms with Crippen molar-refractivity contribution in [1.82, 2.24) is 10.8 Å². The van der Waals surface area contributed by atoms with E-state index in [1.54, 1.807) is 0 Å². The number of hydrogen-bond acceptors (Lipinski definition) is 4. The van der Waals surface area contributed by atoms with E-state index in [9.17, 15) is 9.59 Å². The van der Waals surface area contributed by atoms with Crippen molar-refractivity contribution in [2.75, 3.05) is 0 Å². The minimum atomic E-state index is -0.235. The quantitative estimate of drug-likeness (QED) is 0.0946. The first-order chi connectivity index (χ1) is 18.4. The molecule has 1 atom stereocenters. The average molecular weight is 531 g/mol. The van der Waals surface area contributed by atoms with Crippen LogP contribution in [0.1, 0.15) is 149 Å². The van der Waals surface area contributed by atoms with Crippen LogP contribution < -0.4 is 10.8 Å². The van der Waals surface area contributed by atoms with E-state index in [1.807, 2.05) is 0 Å². The summed E-state index contributed by atoms with van der Waals surface area (Å²) in [5, 5.41) is 3.14. The van der Waals surface area contributed by atoms with Crippen LogP contribution in [0, 0.1) is 23.7 Å². The van der Waals surface area contributed by atoms with Gasteiger partial charge in [0.25, 0.3) is 0 Å². The van der Waals surface area contributed by atoms with E-state index in [4.69, 9.17) is 4.84 Å². The van der Waals surface area contributed by atoms with Crippen LogP contribution in [0.25, 0.3) is 0 Å². The zero-order valence-corrected chi connectivity index (χ0v) is 24.9. The van der Waals surface area contributed by atoms with Crippen LogP contribution in [0.15, 0.2) is 12.2 Å². The van der Waals surface area contributed by atoms with Gasteiger partial charge in [-0.25, -0.2) is 0 Å². The highest BCUT2D eigenvalue weighted by molar-refractivity contribution is 5.77. The molecule has 0 aliphatic heterocycles. The third-order valence-corrected chi connectivity index (χ3v) is 9.12. The molecule has 0 aromatic carbocycles. The topological polar surface area (TPSA) is 67.4 Å². The molecule has 4 fully saturated rings. The molecule has 38 heavy (non-hydrogen) atoms. The van der Waals surface area contributed by atoms with Gasteiger partial charge in [0.2, 0.25) is 5.91 Å².